The Labute approximate surface area is 133 Å². The highest BCUT2D eigenvalue weighted by Gasteiger charge is 2.19. The molecule has 1 heterocycles. The van der Waals surface area contributed by atoms with Crippen LogP contribution in [-0.4, -0.2) is 24.2 Å². The molecule has 114 valence electrons. The third-order valence-corrected chi connectivity index (χ3v) is 4.09. The van der Waals surface area contributed by atoms with Gasteiger partial charge in [-0.2, -0.15) is 0 Å². The van der Waals surface area contributed by atoms with Crippen molar-refractivity contribution in [3.63, 3.8) is 0 Å². The van der Waals surface area contributed by atoms with E-state index in [2.05, 4.69) is 5.32 Å². The lowest BCUT2D eigenvalue weighted by atomic mass is 9.96. The minimum Gasteiger partial charge on any atom is -0.504 e. The molecule has 2 aromatic rings. The molecule has 0 unspecified atom stereocenters. The molecule has 22 heavy (non-hydrogen) atoms. The van der Waals surface area contributed by atoms with E-state index in [1.165, 1.54) is 0 Å². The Morgan fingerprint density at radius 2 is 2.09 bits per heavy atom. The van der Waals surface area contributed by atoms with E-state index >= 15 is 0 Å². The van der Waals surface area contributed by atoms with Crippen molar-refractivity contribution >= 4 is 23.2 Å². The second-order valence-corrected chi connectivity index (χ2v) is 5.68. The van der Waals surface area contributed by atoms with Crippen LogP contribution in [-0.2, 0) is 4.74 Å². The normalized spacial score (nSPS) is 17.4. The summed E-state index contributed by atoms with van der Waals surface area (Å²) in [6, 6.07) is 12.3. The lowest BCUT2D eigenvalue weighted by molar-refractivity contribution is 0.102. The fourth-order valence-corrected chi connectivity index (χ4v) is 2.72. The Bertz CT molecular complexity index is 696. The van der Waals surface area contributed by atoms with Crippen molar-refractivity contribution in [2.75, 3.05) is 18.5 Å². The molecule has 1 fully saturated rings. The van der Waals surface area contributed by atoms with Gasteiger partial charge in [0.25, 0.3) is 5.91 Å². The average molecular weight is 318 g/mol. The molecule has 2 N–H and O–H groups in total. The van der Waals surface area contributed by atoms with Crippen LogP contribution in [0.25, 0.3) is 0 Å². The number of aromatic hydroxyl groups is 1. The number of rotatable bonds is 3. The summed E-state index contributed by atoms with van der Waals surface area (Å²) in [7, 11) is 0. The first-order chi connectivity index (χ1) is 10.6. The Hall–Kier alpha value is -2.04. The standard InChI is InChI=1S/C17H16ClNO3/c18-14-5-2-6-15(16(14)20)19-17(21)12-4-1-3-11(9-12)13-7-8-22-10-13/h1-6,9,13,20H,7-8,10H2,(H,19,21)/t13-/m0/s1. The lowest BCUT2D eigenvalue weighted by Crippen LogP contribution is -2.12. The number of amides is 1. The maximum atomic E-state index is 12.3. The summed E-state index contributed by atoms with van der Waals surface area (Å²) in [6.07, 6.45) is 0.972. The second-order valence-electron chi connectivity index (χ2n) is 5.28. The molecule has 1 atom stereocenters. The molecule has 0 saturated carbocycles. The Balaban J connectivity index is 1.80. The van der Waals surface area contributed by atoms with Crippen LogP contribution < -0.4 is 5.32 Å². The molecule has 1 saturated heterocycles. The summed E-state index contributed by atoms with van der Waals surface area (Å²) < 4.78 is 5.39. The Kier molecular flexibility index (Phi) is 4.32. The van der Waals surface area contributed by atoms with Crippen LogP contribution in [0.1, 0.15) is 28.3 Å². The maximum absolute atomic E-state index is 12.3. The van der Waals surface area contributed by atoms with E-state index in [4.69, 9.17) is 16.3 Å². The molecule has 3 rings (SSSR count). The van der Waals surface area contributed by atoms with Crippen LogP contribution in [0.15, 0.2) is 42.5 Å². The van der Waals surface area contributed by atoms with Gasteiger partial charge in [0.2, 0.25) is 0 Å². The number of hydrogen-bond donors (Lipinski definition) is 2. The van der Waals surface area contributed by atoms with Crippen LogP contribution in [0.2, 0.25) is 5.02 Å². The summed E-state index contributed by atoms with van der Waals surface area (Å²) in [5.41, 5.74) is 1.94. The van der Waals surface area contributed by atoms with E-state index in [1.54, 1.807) is 24.3 Å². The van der Waals surface area contributed by atoms with E-state index < -0.39 is 0 Å². The molecule has 1 aliphatic heterocycles. The van der Waals surface area contributed by atoms with Gasteiger partial charge in [-0.3, -0.25) is 4.79 Å². The third-order valence-electron chi connectivity index (χ3n) is 3.78. The Morgan fingerprint density at radius 1 is 1.27 bits per heavy atom. The molecule has 0 spiro atoms. The molecule has 0 aromatic heterocycles. The molecular weight excluding hydrogens is 302 g/mol. The number of carbonyl (C=O) groups is 1. The number of para-hydroxylation sites is 1. The average Bonchev–Trinajstić information content (AvgIpc) is 3.06. The fraction of sp³-hybridized carbons (Fsp3) is 0.235. The number of nitrogens with one attached hydrogen (secondary N) is 1. The van der Waals surface area contributed by atoms with Crippen LogP contribution in [0.4, 0.5) is 5.69 Å². The lowest BCUT2D eigenvalue weighted by Gasteiger charge is -2.11. The van der Waals surface area contributed by atoms with Gasteiger partial charge in [-0.15, -0.1) is 0 Å². The number of hydrogen-bond acceptors (Lipinski definition) is 3. The second kappa shape index (κ2) is 6.38. The van der Waals surface area contributed by atoms with Gasteiger partial charge in [-0.25, -0.2) is 0 Å². The van der Waals surface area contributed by atoms with E-state index in [-0.39, 0.29) is 16.7 Å². The molecule has 5 heteroatoms. The predicted octanol–water partition coefficient (Wildman–Crippen LogP) is 3.80. The van der Waals surface area contributed by atoms with Gasteiger partial charge in [-0.05, 0) is 36.2 Å². The van der Waals surface area contributed by atoms with Gasteiger partial charge in [-0.1, -0.05) is 29.8 Å². The van der Waals surface area contributed by atoms with Crippen molar-refractivity contribution in [2.24, 2.45) is 0 Å². The number of ether oxygens (including phenoxy) is 1. The molecule has 4 nitrogen and oxygen atoms in total. The smallest absolute Gasteiger partial charge is 0.255 e. The summed E-state index contributed by atoms with van der Waals surface area (Å²) in [4.78, 5) is 12.3. The SMILES string of the molecule is O=C(Nc1cccc(Cl)c1O)c1cccc([C@H]2CCOC2)c1. The van der Waals surface area contributed by atoms with Crippen molar-refractivity contribution in [2.45, 2.75) is 12.3 Å². The molecule has 1 aliphatic rings. The van der Waals surface area contributed by atoms with Gasteiger partial charge in [0, 0.05) is 18.1 Å². The van der Waals surface area contributed by atoms with Crippen molar-refractivity contribution < 1.29 is 14.6 Å². The number of halogens is 1. The van der Waals surface area contributed by atoms with Crippen molar-refractivity contribution in [1.82, 2.24) is 0 Å². The number of anilines is 1. The van der Waals surface area contributed by atoms with Crippen LogP contribution >= 0.6 is 11.6 Å². The van der Waals surface area contributed by atoms with Crippen LogP contribution in [0.5, 0.6) is 5.75 Å². The highest BCUT2D eigenvalue weighted by molar-refractivity contribution is 6.32. The van der Waals surface area contributed by atoms with E-state index in [9.17, 15) is 9.90 Å². The molecule has 0 radical (unpaired) electrons. The van der Waals surface area contributed by atoms with Crippen molar-refractivity contribution in [3.05, 3.63) is 58.6 Å². The topological polar surface area (TPSA) is 58.6 Å². The maximum Gasteiger partial charge on any atom is 0.255 e. The number of carbonyl (C=O) groups excluding carboxylic acids is 1. The molecule has 1 amide bonds. The van der Waals surface area contributed by atoms with Crippen molar-refractivity contribution in [1.29, 1.82) is 0 Å². The van der Waals surface area contributed by atoms with Gasteiger partial charge >= 0.3 is 0 Å². The number of benzene rings is 2. The highest BCUT2D eigenvalue weighted by atomic mass is 35.5. The Morgan fingerprint density at radius 3 is 2.86 bits per heavy atom. The first-order valence-corrected chi connectivity index (χ1v) is 7.49. The minimum absolute atomic E-state index is 0.127. The minimum atomic E-state index is -0.279. The van der Waals surface area contributed by atoms with Crippen LogP contribution in [0.3, 0.4) is 0 Å². The highest BCUT2D eigenvalue weighted by Crippen LogP contribution is 2.31. The third kappa shape index (κ3) is 3.08. The van der Waals surface area contributed by atoms with Gasteiger partial charge in [0.15, 0.2) is 5.75 Å². The van der Waals surface area contributed by atoms with Gasteiger partial charge in [0.05, 0.1) is 17.3 Å². The summed E-state index contributed by atoms with van der Waals surface area (Å²) in [5.74, 6) is -0.0662. The summed E-state index contributed by atoms with van der Waals surface area (Å²) in [5, 5.41) is 12.7. The quantitative estimate of drug-likeness (QED) is 0.846. The molecular formula is C17H16ClNO3. The van der Waals surface area contributed by atoms with E-state index in [0.29, 0.717) is 23.8 Å². The van der Waals surface area contributed by atoms with Crippen molar-refractivity contribution in [3.8, 4) is 5.75 Å². The molecule has 2 aromatic carbocycles. The monoisotopic (exact) mass is 317 g/mol. The largest absolute Gasteiger partial charge is 0.504 e. The first-order valence-electron chi connectivity index (χ1n) is 7.11. The van der Waals surface area contributed by atoms with Gasteiger partial charge < -0.3 is 15.2 Å². The van der Waals surface area contributed by atoms with Gasteiger partial charge in [0.1, 0.15) is 0 Å². The number of phenols is 1. The zero-order chi connectivity index (χ0) is 15.5. The predicted molar refractivity (Wildman–Crippen MR) is 85.7 cm³/mol. The zero-order valence-electron chi connectivity index (χ0n) is 11.9. The fourth-order valence-electron chi connectivity index (χ4n) is 2.54. The van der Waals surface area contributed by atoms with E-state index in [1.807, 2.05) is 18.2 Å². The summed E-state index contributed by atoms with van der Waals surface area (Å²) >= 11 is 5.84. The molecule has 0 aliphatic carbocycles. The van der Waals surface area contributed by atoms with Crippen LogP contribution in [0, 0.1) is 0 Å². The first kappa shape index (κ1) is 14.9. The van der Waals surface area contributed by atoms with E-state index in [0.717, 1.165) is 18.6 Å². The zero-order valence-corrected chi connectivity index (χ0v) is 12.6. The molecule has 0 bridgehead atoms. The summed E-state index contributed by atoms with van der Waals surface area (Å²) in [6.45, 7) is 1.46. The number of phenolic OH excluding ortho intramolecular Hbond substituents is 1.